The molecule has 0 spiro atoms. The van der Waals surface area contributed by atoms with Crippen molar-refractivity contribution in [2.45, 2.75) is 46.1 Å². The number of hydrogen-bond acceptors (Lipinski definition) is 4. The Morgan fingerprint density at radius 3 is 2.19 bits per heavy atom. The molecule has 0 unspecified atom stereocenters. The van der Waals surface area contributed by atoms with E-state index in [1.54, 1.807) is 0 Å². The lowest BCUT2D eigenvalue weighted by Crippen LogP contribution is -2.46. The Bertz CT molecular complexity index is 368. The second-order valence-corrected chi connectivity index (χ2v) is 7.59. The number of aryl methyl sites for hydroxylation is 1. The van der Waals surface area contributed by atoms with Crippen LogP contribution >= 0.6 is 0 Å². The van der Waals surface area contributed by atoms with E-state index in [1.165, 1.54) is 11.3 Å². The van der Waals surface area contributed by atoms with Crippen molar-refractivity contribution in [3.05, 3.63) is 23.5 Å². The van der Waals surface area contributed by atoms with Gasteiger partial charge in [-0.3, -0.25) is 0 Å². The molecule has 6 heteroatoms. The van der Waals surface area contributed by atoms with Crippen LogP contribution in [0.5, 0.6) is 0 Å². The summed E-state index contributed by atoms with van der Waals surface area (Å²) < 4.78 is 17.6. The predicted molar refractivity (Wildman–Crippen MR) is 87.3 cm³/mol. The Morgan fingerprint density at radius 2 is 1.67 bits per heavy atom. The highest BCUT2D eigenvalue weighted by Crippen LogP contribution is 2.20. The summed E-state index contributed by atoms with van der Waals surface area (Å²) in [5.41, 5.74) is 8.22. The first kappa shape index (κ1) is 18.4. The number of H-pyrrole nitrogens is 1. The van der Waals surface area contributed by atoms with Gasteiger partial charge in [0.05, 0.1) is 0 Å². The summed E-state index contributed by atoms with van der Waals surface area (Å²) in [6.07, 6.45) is 4.87. The first-order chi connectivity index (χ1) is 10.2. The monoisotopic (exact) mass is 314 g/mol. The second-order valence-electron chi connectivity index (χ2n) is 4.86. The molecule has 0 saturated heterocycles. The average Bonchev–Trinajstić information content (AvgIpc) is 2.88. The highest BCUT2D eigenvalue weighted by atomic mass is 28.4. The van der Waals surface area contributed by atoms with Crippen LogP contribution in [-0.4, -0.2) is 40.2 Å². The molecule has 1 aromatic heterocycles. The summed E-state index contributed by atoms with van der Waals surface area (Å²) in [5, 5.41) is 0. The summed E-state index contributed by atoms with van der Waals surface area (Å²) in [4.78, 5) is 3.31. The van der Waals surface area contributed by atoms with Gasteiger partial charge < -0.3 is 24.0 Å². The van der Waals surface area contributed by atoms with Gasteiger partial charge in [-0.15, -0.1) is 0 Å². The van der Waals surface area contributed by atoms with E-state index in [2.05, 4.69) is 11.1 Å². The Morgan fingerprint density at radius 1 is 1.05 bits per heavy atom. The molecule has 0 fully saturated rings. The van der Waals surface area contributed by atoms with E-state index in [9.17, 15) is 0 Å². The van der Waals surface area contributed by atoms with Crippen molar-refractivity contribution >= 4 is 8.80 Å². The van der Waals surface area contributed by atoms with Gasteiger partial charge >= 0.3 is 8.80 Å². The fourth-order valence-electron chi connectivity index (χ4n) is 2.54. The number of rotatable bonds is 12. The lowest BCUT2D eigenvalue weighted by Gasteiger charge is -2.28. The summed E-state index contributed by atoms with van der Waals surface area (Å²) in [5.74, 6) is 0. The molecule has 122 valence electrons. The number of aromatic nitrogens is 1. The highest BCUT2D eigenvalue weighted by Gasteiger charge is 2.39. The molecule has 0 amide bonds. The van der Waals surface area contributed by atoms with Gasteiger partial charge in [-0.05, 0) is 58.2 Å². The third-order valence-electron chi connectivity index (χ3n) is 3.35. The Balaban J connectivity index is 2.57. The van der Waals surface area contributed by atoms with Gasteiger partial charge in [-0.1, -0.05) is 0 Å². The fourth-order valence-corrected chi connectivity index (χ4v) is 5.15. The molecular formula is C15H30N2O3Si. The fraction of sp³-hybridized carbons (Fsp3) is 0.733. The quantitative estimate of drug-likeness (QED) is 0.582. The van der Waals surface area contributed by atoms with Crippen molar-refractivity contribution in [1.82, 2.24) is 4.98 Å². The largest absolute Gasteiger partial charge is 0.500 e. The van der Waals surface area contributed by atoms with Crippen molar-refractivity contribution in [3.63, 3.8) is 0 Å². The zero-order valence-corrected chi connectivity index (χ0v) is 14.6. The van der Waals surface area contributed by atoms with Crippen LogP contribution in [0.2, 0.25) is 6.04 Å². The predicted octanol–water partition coefficient (Wildman–Crippen LogP) is 2.50. The van der Waals surface area contributed by atoms with E-state index in [0.29, 0.717) is 26.4 Å². The van der Waals surface area contributed by atoms with Crippen LogP contribution in [0.3, 0.4) is 0 Å². The van der Waals surface area contributed by atoms with Crippen molar-refractivity contribution in [2.24, 2.45) is 5.73 Å². The first-order valence-electron chi connectivity index (χ1n) is 7.98. The molecule has 0 aliphatic carbocycles. The smallest absolute Gasteiger partial charge is 0.374 e. The van der Waals surface area contributed by atoms with Crippen LogP contribution < -0.4 is 5.73 Å². The minimum Gasteiger partial charge on any atom is -0.374 e. The SMILES string of the molecule is CCO[Si](CCCc1[nH]ccc1CCN)(OCC)OCC. The topological polar surface area (TPSA) is 69.5 Å². The summed E-state index contributed by atoms with van der Waals surface area (Å²) in [7, 11) is -2.50. The molecule has 1 heterocycles. The van der Waals surface area contributed by atoms with E-state index in [0.717, 1.165) is 25.3 Å². The van der Waals surface area contributed by atoms with Crippen LogP contribution in [0, 0.1) is 0 Å². The van der Waals surface area contributed by atoms with Gasteiger partial charge in [0.1, 0.15) is 0 Å². The third-order valence-corrected chi connectivity index (χ3v) is 6.50. The molecule has 0 atom stereocenters. The van der Waals surface area contributed by atoms with Crippen molar-refractivity contribution in [3.8, 4) is 0 Å². The maximum atomic E-state index is 5.87. The molecule has 0 bridgehead atoms. The van der Waals surface area contributed by atoms with Gasteiger partial charge in [0.15, 0.2) is 0 Å². The third kappa shape index (κ3) is 5.92. The van der Waals surface area contributed by atoms with Crippen LogP contribution in [0.15, 0.2) is 12.3 Å². The van der Waals surface area contributed by atoms with Crippen LogP contribution in [0.4, 0.5) is 0 Å². The van der Waals surface area contributed by atoms with E-state index in [4.69, 9.17) is 19.0 Å². The summed E-state index contributed by atoms with van der Waals surface area (Å²) >= 11 is 0. The standard InChI is InChI=1S/C15H30N2O3Si/c1-4-18-21(19-5-2,20-6-3)13-7-8-15-14(9-11-16)10-12-17-15/h10,12,17H,4-9,11,13,16H2,1-3H3. The Hall–Kier alpha value is -0.663. The van der Waals surface area contributed by atoms with Gasteiger partial charge in [0.2, 0.25) is 0 Å². The van der Waals surface area contributed by atoms with Gasteiger partial charge in [0, 0.05) is 37.8 Å². The minimum atomic E-state index is -2.50. The number of hydrogen-bond donors (Lipinski definition) is 2. The van der Waals surface area contributed by atoms with Crippen molar-refractivity contribution < 1.29 is 13.3 Å². The van der Waals surface area contributed by atoms with E-state index in [1.807, 2.05) is 27.0 Å². The molecule has 0 aliphatic heterocycles. The molecule has 0 aromatic carbocycles. The van der Waals surface area contributed by atoms with E-state index in [-0.39, 0.29) is 0 Å². The molecule has 0 saturated carbocycles. The average molecular weight is 315 g/mol. The minimum absolute atomic E-state index is 0.632. The van der Waals surface area contributed by atoms with Crippen LogP contribution in [0.25, 0.3) is 0 Å². The lowest BCUT2D eigenvalue weighted by molar-refractivity contribution is 0.0708. The normalized spacial score (nSPS) is 12.0. The van der Waals surface area contributed by atoms with Gasteiger partial charge in [0.25, 0.3) is 0 Å². The maximum absolute atomic E-state index is 5.87. The molecular weight excluding hydrogens is 284 g/mol. The molecule has 3 N–H and O–H groups in total. The highest BCUT2D eigenvalue weighted by molar-refractivity contribution is 6.60. The lowest BCUT2D eigenvalue weighted by atomic mass is 10.1. The van der Waals surface area contributed by atoms with Gasteiger partial charge in [-0.2, -0.15) is 0 Å². The van der Waals surface area contributed by atoms with Crippen LogP contribution in [-0.2, 0) is 26.1 Å². The number of aromatic amines is 1. The molecule has 0 radical (unpaired) electrons. The van der Waals surface area contributed by atoms with Gasteiger partial charge in [-0.25, -0.2) is 0 Å². The Kier molecular flexibility index (Phi) is 8.87. The zero-order valence-electron chi connectivity index (χ0n) is 13.6. The van der Waals surface area contributed by atoms with E-state index < -0.39 is 8.80 Å². The summed E-state index contributed by atoms with van der Waals surface area (Å²) in [6, 6.07) is 2.96. The summed E-state index contributed by atoms with van der Waals surface area (Å²) in [6.45, 7) is 8.55. The molecule has 5 nitrogen and oxygen atoms in total. The molecule has 1 aromatic rings. The molecule has 21 heavy (non-hydrogen) atoms. The number of nitrogens with two attached hydrogens (primary N) is 1. The molecule has 0 aliphatic rings. The zero-order chi connectivity index (χ0) is 15.6. The van der Waals surface area contributed by atoms with Crippen molar-refractivity contribution in [1.29, 1.82) is 0 Å². The maximum Gasteiger partial charge on any atom is 0.500 e. The number of nitrogens with one attached hydrogen (secondary N) is 1. The first-order valence-corrected chi connectivity index (χ1v) is 9.91. The van der Waals surface area contributed by atoms with Crippen LogP contribution in [0.1, 0.15) is 38.4 Å². The van der Waals surface area contributed by atoms with Crippen molar-refractivity contribution in [2.75, 3.05) is 26.4 Å². The Labute approximate surface area is 129 Å². The van der Waals surface area contributed by atoms with E-state index >= 15 is 0 Å². The second kappa shape index (κ2) is 10.1. The molecule has 1 rings (SSSR count).